The molecule has 0 aliphatic heterocycles. The van der Waals surface area contributed by atoms with E-state index in [0.29, 0.717) is 11.4 Å². The van der Waals surface area contributed by atoms with E-state index in [1.165, 1.54) is 30.5 Å². The Morgan fingerprint density at radius 2 is 1.44 bits per heavy atom. The highest BCUT2D eigenvalue weighted by atomic mass is 32.2. The van der Waals surface area contributed by atoms with Crippen LogP contribution in [0, 0.1) is 0 Å². The molecule has 8 heteroatoms. The molecule has 1 heterocycles. The van der Waals surface area contributed by atoms with Crippen LogP contribution in [0.3, 0.4) is 0 Å². The average Bonchev–Trinajstić information content (AvgIpc) is 2.62. The van der Waals surface area contributed by atoms with Gasteiger partial charge in [-0.25, -0.2) is 13.4 Å². The number of hydrogen-bond acceptors (Lipinski definition) is 6. The predicted octanol–water partition coefficient (Wildman–Crippen LogP) is 4.00. The molecule has 25 heavy (non-hydrogen) atoms. The second-order valence-electron chi connectivity index (χ2n) is 5.03. The topological polar surface area (TPSA) is 104 Å². The van der Waals surface area contributed by atoms with Crippen LogP contribution in [0.4, 0.5) is 17.2 Å². The number of nitrogens with zero attached hydrogens (tertiary/aromatic N) is 3. The molecule has 3 rings (SSSR count). The van der Waals surface area contributed by atoms with Gasteiger partial charge in [0.15, 0.2) is 0 Å². The monoisotopic (exact) mass is 354 g/mol. The Morgan fingerprint density at radius 1 is 0.840 bits per heavy atom. The van der Waals surface area contributed by atoms with Crippen molar-refractivity contribution in [3.8, 4) is 5.75 Å². The third-order valence-corrected chi connectivity index (χ3v) is 4.55. The van der Waals surface area contributed by atoms with Crippen LogP contribution in [0.15, 0.2) is 88.1 Å². The fourth-order valence-electron chi connectivity index (χ4n) is 1.95. The van der Waals surface area contributed by atoms with Gasteiger partial charge in [0.2, 0.25) is 0 Å². The minimum absolute atomic E-state index is 0.0988. The summed E-state index contributed by atoms with van der Waals surface area (Å²) in [5.41, 5.74) is 1.08. The third-order valence-electron chi connectivity index (χ3n) is 3.18. The van der Waals surface area contributed by atoms with E-state index < -0.39 is 10.0 Å². The van der Waals surface area contributed by atoms with E-state index in [9.17, 15) is 13.5 Å². The van der Waals surface area contributed by atoms with E-state index in [2.05, 4.69) is 19.9 Å². The highest BCUT2D eigenvalue weighted by molar-refractivity contribution is 7.92. The second-order valence-corrected chi connectivity index (χ2v) is 6.71. The Hall–Kier alpha value is -3.26. The number of hydrogen-bond donors (Lipinski definition) is 2. The highest BCUT2D eigenvalue weighted by Gasteiger charge is 2.14. The van der Waals surface area contributed by atoms with Gasteiger partial charge < -0.3 is 5.11 Å². The predicted molar refractivity (Wildman–Crippen MR) is 93.8 cm³/mol. The number of rotatable bonds is 5. The van der Waals surface area contributed by atoms with Crippen LogP contribution < -0.4 is 4.72 Å². The maximum Gasteiger partial charge on any atom is 0.263 e. The van der Waals surface area contributed by atoms with Gasteiger partial charge in [-0.05, 0) is 60.7 Å². The summed E-state index contributed by atoms with van der Waals surface area (Å²) in [6.07, 6.45) is 1.50. The van der Waals surface area contributed by atoms with E-state index in [0.717, 1.165) is 0 Å². The number of pyridine rings is 1. The zero-order valence-electron chi connectivity index (χ0n) is 12.9. The summed E-state index contributed by atoms with van der Waals surface area (Å²) in [5, 5.41) is 17.3. The fourth-order valence-corrected chi connectivity index (χ4v) is 2.95. The lowest BCUT2D eigenvalue weighted by Gasteiger charge is -2.06. The minimum Gasteiger partial charge on any atom is -0.508 e. The molecule has 2 aromatic carbocycles. The fraction of sp³-hybridized carbons (Fsp3) is 0. The quantitative estimate of drug-likeness (QED) is 0.676. The zero-order chi connectivity index (χ0) is 17.7. The summed E-state index contributed by atoms with van der Waals surface area (Å²) in [4.78, 5) is 4.03. The molecule has 126 valence electrons. The minimum atomic E-state index is -3.71. The van der Waals surface area contributed by atoms with Crippen LogP contribution in [0.1, 0.15) is 0 Å². The van der Waals surface area contributed by atoms with Crippen molar-refractivity contribution in [2.24, 2.45) is 10.2 Å². The number of aromatic hydroxyl groups is 1. The standard InChI is InChI=1S/C17H14N4O3S/c22-15-8-4-13(5-9-15)19-20-14-6-10-16(11-7-14)25(23,24)21-17-3-1-2-12-18-17/h1-12,22H,(H,18,21). The van der Waals surface area contributed by atoms with Crippen molar-refractivity contribution in [3.63, 3.8) is 0 Å². The lowest BCUT2D eigenvalue weighted by atomic mass is 10.3. The molecule has 0 amide bonds. The molecule has 0 unspecified atom stereocenters. The Balaban J connectivity index is 1.74. The Kier molecular flexibility index (Phi) is 4.71. The molecule has 3 aromatic rings. The molecule has 2 N–H and O–H groups in total. The Labute approximate surface area is 144 Å². The number of nitrogens with one attached hydrogen (secondary N) is 1. The van der Waals surface area contributed by atoms with Crippen LogP contribution in [0.5, 0.6) is 5.75 Å². The lowest BCUT2D eigenvalue weighted by Crippen LogP contribution is -2.13. The van der Waals surface area contributed by atoms with E-state index in [-0.39, 0.29) is 16.5 Å². The summed E-state index contributed by atoms with van der Waals surface area (Å²) < 4.78 is 27.0. The molecular formula is C17H14N4O3S. The van der Waals surface area contributed by atoms with Gasteiger partial charge in [0.05, 0.1) is 16.3 Å². The first-order chi connectivity index (χ1) is 12.0. The normalized spacial score (nSPS) is 11.5. The summed E-state index contributed by atoms with van der Waals surface area (Å²) in [7, 11) is -3.71. The van der Waals surface area contributed by atoms with Gasteiger partial charge >= 0.3 is 0 Å². The highest BCUT2D eigenvalue weighted by Crippen LogP contribution is 2.22. The number of azo groups is 1. The van der Waals surface area contributed by atoms with Crippen LogP contribution in [0.2, 0.25) is 0 Å². The van der Waals surface area contributed by atoms with Crippen molar-refractivity contribution in [1.29, 1.82) is 0 Å². The Morgan fingerprint density at radius 3 is 2.00 bits per heavy atom. The van der Waals surface area contributed by atoms with Gasteiger partial charge in [0.25, 0.3) is 10.0 Å². The number of phenolic OH excluding ortho intramolecular Hbond substituents is 1. The van der Waals surface area contributed by atoms with Gasteiger partial charge in [-0.2, -0.15) is 10.2 Å². The molecule has 1 aromatic heterocycles. The van der Waals surface area contributed by atoms with E-state index in [1.807, 2.05) is 0 Å². The summed E-state index contributed by atoms with van der Waals surface area (Å²) in [6, 6.07) is 17.2. The van der Waals surface area contributed by atoms with Crippen LogP contribution >= 0.6 is 0 Å². The summed E-state index contributed by atoms with van der Waals surface area (Å²) >= 11 is 0. The number of phenols is 1. The first-order valence-corrected chi connectivity index (χ1v) is 8.76. The van der Waals surface area contributed by atoms with E-state index in [1.54, 1.807) is 42.5 Å². The first kappa shape index (κ1) is 16.6. The van der Waals surface area contributed by atoms with Gasteiger partial charge in [0, 0.05) is 6.20 Å². The van der Waals surface area contributed by atoms with E-state index >= 15 is 0 Å². The smallest absolute Gasteiger partial charge is 0.263 e. The molecule has 0 spiro atoms. The molecule has 0 radical (unpaired) electrons. The zero-order valence-corrected chi connectivity index (χ0v) is 13.8. The van der Waals surface area contributed by atoms with Gasteiger partial charge in [0.1, 0.15) is 11.6 Å². The molecule has 7 nitrogen and oxygen atoms in total. The molecule has 0 bridgehead atoms. The maximum absolute atomic E-state index is 12.3. The van der Waals surface area contributed by atoms with Gasteiger partial charge in [-0.3, -0.25) is 4.72 Å². The molecule has 0 aliphatic rings. The van der Waals surface area contributed by atoms with Crippen LogP contribution in [-0.2, 0) is 10.0 Å². The van der Waals surface area contributed by atoms with Crippen molar-refractivity contribution in [2.75, 3.05) is 4.72 Å². The summed E-state index contributed by atoms with van der Waals surface area (Å²) in [6.45, 7) is 0. The molecule has 0 aliphatic carbocycles. The first-order valence-electron chi connectivity index (χ1n) is 7.28. The maximum atomic E-state index is 12.3. The Bertz CT molecular complexity index is 971. The summed E-state index contributed by atoms with van der Waals surface area (Å²) in [5.74, 6) is 0.396. The van der Waals surface area contributed by atoms with Crippen molar-refractivity contribution in [3.05, 3.63) is 72.9 Å². The van der Waals surface area contributed by atoms with Gasteiger partial charge in [-0.1, -0.05) is 6.07 Å². The number of sulfonamides is 1. The van der Waals surface area contributed by atoms with Crippen molar-refractivity contribution in [1.82, 2.24) is 4.98 Å². The second kappa shape index (κ2) is 7.10. The van der Waals surface area contributed by atoms with Crippen LogP contribution in [-0.4, -0.2) is 18.5 Å². The SMILES string of the molecule is O=S(=O)(Nc1ccccn1)c1ccc(N=Nc2ccc(O)cc2)cc1. The molecule has 0 saturated heterocycles. The average molecular weight is 354 g/mol. The molecule has 0 saturated carbocycles. The third kappa shape index (κ3) is 4.39. The number of benzene rings is 2. The molecular weight excluding hydrogens is 340 g/mol. The number of aromatic nitrogens is 1. The van der Waals surface area contributed by atoms with Crippen molar-refractivity contribution in [2.45, 2.75) is 4.90 Å². The van der Waals surface area contributed by atoms with Crippen molar-refractivity contribution < 1.29 is 13.5 Å². The van der Waals surface area contributed by atoms with Crippen molar-refractivity contribution >= 4 is 27.2 Å². The molecule has 0 fully saturated rings. The number of anilines is 1. The largest absolute Gasteiger partial charge is 0.508 e. The van der Waals surface area contributed by atoms with Crippen LogP contribution in [0.25, 0.3) is 0 Å². The van der Waals surface area contributed by atoms with Gasteiger partial charge in [-0.15, -0.1) is 0 Å². The van der Waals surface area contributed by atoms with E-state index in [4.69, 9.17) is 0 Å². The molecule has 0 atom stereocenters. The lowest BCUT2D eigenvalue weighted by molar-refractivity contribution is 0.475.